The summed E-state index contributed by atoms with van der Waals surface area (Å²) in [6, 6.07) is 8.37. The second kappa shape index (κ2) is 11.1. The number of nitrogens with one attached hydrogen (secondary N) is 2. The number of thioether (sulfide) groups is 2. The summed E-state index contributed by atoms with van der Waals surface area (Å²) in [5.41, 5.74) is 1.33. The van der Waals surface area contributed by atoms with E-state index in [9.17, 15) is 4.79 Å². The van der Waals surface area contributed by atoms with Gasteiger partial charge in [-0.15, -0.1) is 35.9 Å². The van der Waals surface area contributed by atoms with Crippen molar-refractivity contribution in [2.24, 2.45) is 0 Å². The minimum atomic E-state index is -0.0930. The summed E-state index contributed by atoms with van der Waals surface area (Å²) < 4.78 is 6.07. The monoisotopic (exact) mass is 376 g/mol. The van der Waals surface area contributed by atoms with Crippen LogP contribution < -0.4 is 15.4 Å². The highest BCUT2D eigenvalue weighted by Crippen LogP contribution is 2.43. The van der Waals surface area contributed by atoms with Crippen molar-refractivity contribution < 1.29 is 9.53 Å². The standard InChI is InChI=1S/C16H24N2O2S2.ClH/c1-12(17-2)10-18-15(19)11-20-14-6-4-13(5-7-14)16-21-8-3-9-22-16;/h4-7,12,16-17H,3,8-11H2,1-2H3,(H,18,19);1H. The van der Waals surface area contributed by atoms with Crippen LogP contribution in [0.2, 0.25) is 0 Å². The number of ether oxygens (including phenoxy) is 1. The molecule has 1 aromatic rings. The van der Waals surface area contributed by atoms with Crippen LogP contribution in [0.4, 0.5) is 0 Å². The quantitative estimate of drug-likeness (QED) is 0.765. The van der Waals surface area contributed by atoms with Crippen LogP contribution in [0.15, 0.2) is 24.3 Å². The number of likely N-dealkylation sites (N-methyl/N-ethyl adjacent to an activating group) is 1. The number of carbonyl (C=O) groups is 1. The summed E-state index contributed by atoms with van der Waals surface area (Å²) >= 11 is 4.01. The van der Waals surface area contributed by atoms with Crippen LogP contribution in [0.25, 0.3) is 0 Å². The van der Waals surface area contributed by atoms with Gasteiger partial charge in [0.15, 0.2) is 6.61 Å². The third kappa shape index (κ3) is 7.25. The molecule has 1 unspecified atom stereocenters. The summed E-state index contributed by atoms with van der Waals surface area (Å²) in [5.74, 6) is 3.12. The number of carbonyl (C=O) groups excluding carboxylic acids is 1. The minimum absolute atomic E-state index is 0. The Balaban J connectivity index is 0.00000264. The smallest absolute Gasteiger partial charge is 0.257 e. The van der Waals surface area contributed by atoms with Gasteiger partial charge in [0.25, 0.3) is 5.91 Å². The van der Waals surface area contributed by atoms with Gasteiger partial charge in [-0.05, 0) is 49.6 Å². The molecule has 4 nitrogen and oxygen atoms in total. The Morgan fingerprint density at radius 1 is 1.30 bits per heavy atom. The number of benzene rings is 1. The van der Waals surface area contributed by atoms with E-state index in [1.54, 1.807) is 0 Å². The van der Waals surface area contributed by atoms with E-state index < -0.39 is 0 Å². The van der Waals surface area contributed by atoms with Gasteiger partial charge >= 0.3 is 0 Å². The van der Waals surface area contributed by atoms with E-state index in [0.717, 1.165) is 5.75 Å². The summed E-state index contributed by atoms with van der Waals surface area (Å²) in [6.07, 6.45) is 1.30. The Morgan fingerprint density at radius 3 is 2.57 bits per heavy atom. The number of rotatable bonds is 7. The molecule has 0 bridgehead atoms. The van der Waals surface area contributed by atoms with E-state index in [-0.39, 0.29) is 31.0 Å². The Hall–Kier alpha value is -0.560. The highest BCUT2D eigenvalue weighted by atomic mass is 35.5. The fraction of sp³-hybridized carbons (Fsp3) is 0.562. The maximum atomic E-state index is 11.7. The van der Waals surface area contributed by atoms with Crippen LogP contribution in [0.3, 0.4) is 0 Å². The Morgan fingerprint density at radius 2 is 1.96 bits per heavy atom. The van der Waals surface area contributed by atoms with E-state index in [0.29, 0.717) is 11.1 Å². The van der Waals surface area contributed by atoms with Gasteiger partial charge in [-0.25, -0.2) is 0 Å². The molecule has 0 saturated carbocycles. The fourth-order valence-electron chi connectivity index (χ4n) is 1.97. The third-order valence-electron chi connectivity index (χ3n) is 3.45. The molecule has 7 heteroatoms. The average molecular weight is 377 g/mol. The molecule has 2 N–H and O–H groups in total. The molecule has 0 aromatic heterocycles. The second-order valence-electron chi connectivity index (χ2n) is 5.28. The summed E-state index contributed by atoms with van der Waals surface area (Å²) in [4.78, 5) is 11.7. The van der Waals surface area contributed by atoms with Gasteiger partial charge < -0.3 is 15.4 Å². The molecule has 1 heterocycles. The molecule has 1 aliphatic rings. The number of amides is 1. The van der Waals surface area contributed by atoms with Crippen LogP contribution in [0.5, 0.6) is 5.75 Å². The maximum Gasteiger partial charge on any atom is 0.257 e. The van der Waals surface area contributed by atoms with Crippen molar-refractivity contribution in [1.82, 2.24) is 10.6 Å². The van der Waals surface area contributed by atoms with E-state index in [1.165, 1.54) is 23.5 Å². The molecule has 0 radical (unpaired) electrons. The highest BCUT2D eigenvalue weighted by Gasteiger charge is 2.16. The highest BCUT2D eigenvalue weighted by molar-refractivity contribution is 8.16. The molecule has 1 fully saturated rings. The van der Waals surface area contributed by atoms with Gasteiger partial charge in [-0.3, -0.25) is 4.79 Å². The van der Waals surface area contributed by atoms with Gasteiger partial charge in [-0.1, -0.05) is 12.1 Å². The Kier molecular flexibility index (Phi) is 9.86. The molecule has 1 saturated heterocycles. The van der Waals surface area contributed by atoms with Gasteiger partial charge in [0.1, 0.15) is 5.75 Å². The van der Waals surface area contributed by atoms with Gasteiger partial charge in [0, 0.05) is 12.6 Å². The zero-order valence-electron chi connectivity index (χ0n) is 13.5. The number of hydrogen-bond donors (Lipinski definition) is 2. The van der Waals surface area contributed by atoms with Gasteiger partial charge in [0.05, 0.1) is 4.58 Å². The fourth-order valence-corrected chi connectivity index (χ4v) is 4.86. The first-order valence-corrected chi connectivity index (χ1v) is 9.68. The average Bonchev–Trinajstić information content (AvgIpc) is 2.59. The van der Waals surface area contributed by atoms with E-state index in [4.69, 9.17) is 4.74 Å². The first-order chi connectivity index (χ1) is 10.7. The topological polar surface area (TPSA) is 50.4 Å². The van der Waals surface area contributed by atoms with Crippen molar-refractivity contribution in [1.29, 1.82) is 0 Å². The van der Waals surface area contributed by atoms with Gasteiger partial charge in [-0.2, -0.15) is 0 Å². The lowest BCUT2D eigenvalue weighted by Crippen LogP contribution is -2.39. The van der Waals surface area contributed by atoms with Crippen molar-refractivity contribution in [3.05, 3.63) is 29.8 Å². The molecular formula is C16H25ClN2O2S2. The molecule has 0 spiro atoms. The first kappa shape index (κ1) is 20.5. The van der Waals surface area contributed by atoms with E-state index in [1.807, 2.05) is 49.6 Å². The lowest BCUT2D eigenvalue weighted by Gasteiger charge is -2.21. The van der Waals surface area contributed by atoms with E-state index >= 15 is 0 Å². The summed E-state index contributed by atoms with van der Waals surface area (Å²) in [6.45, 7) is 2.68. The summed E-state index contributed by atoms with van der Waals surface area (Å²) in [5, 5.41) is 5.91. The van der Waals surface area contributed by atoms with Crippen molar-refractivity contribution in [3.63, 3.8) is 0 Å². The summed E-state index contributed by atoms with van der Waals surface area (Å²) in [7, 11) is 1.87. The molecule has 1 atom stereocenters. The first-order valence-electron chi connectivity index (χ1n) is 7.59. The van der Waals surface area contributed by atoms with Crippen LogP contribution in [-0.4, -0.2) is 43.7 Å². The van der Waals surface area contributed by atoms with Crippen molar-refractivity contribution in [3.8, 4) is 5.75 Å². The van der Waals surface area contributed by atoms with Crippen LogP contribution in [-0.2, 0) is 4.79 Å². The predicted molar refractivity (Wildman–Crippen MR) is 103 cm³/mol. The predicted octanol–water partition coefficient (Wildman–Crippen LogP) is 3.08. The molecule has 23 heavy (non-hydrogen) atoms. The number of halogens is 1. The van der Waals surface area contributed by atoms with Crippen molar-refractivity contribution >= 4 is 41.8 Å². The molecule has 130 valence electrons. The zero-order valence-corrected chi connectivity index (χ0v) is 16.0. The molecular weight excluding hydrogens is 352 g/mol. The molecule has 1 amide bonds. The molecule has 1 aliphatic heterocycles. The molecule has 0 aliphatic carbocycles. The zero-order chi connectivity index (χ0) is 15.8. The number of hydrogen-bond acceptors (Lipinski definition) is 5. The lowest BCUT2D eigenvalue weighted by atomic mass is 10.2. The lowest BCUT2D eigenvalue weighted by molar-refractivity contribution is -0.123. The normalized spacial score (nSPS) is 16.3. The van der Waals surface area contributed by atoms with Crippen molar-refractivity contribution in [2.45, 2.75) is 24.0 Å². The minimum Gasteiger partial charge on any atom is -0.484 e. The van der Waals surface area contributed by atoms with E-state index in [2.05, 4.69) is 22.8 Å². The van der Waals surface area contributed by atoms with Crippen LogP contribution in [0.1, 0.15) is 23.5 Å². The third-order valence-corrected chi connectivity index (χ3v) is 6.46. The SMILES string of the molecule is CNC(C)CNC(=O)COc1ccc(C2SCCCS2)cc1.Cl. The maximum absolute atomic E-state index is 11.7. The Bertz CT molecular complexity index is 468. The van der Waals surface area contributed by atoms with Gasteiger partial charge in [0.2, 0.25) is 0 Å². The molecule has 1 aromatic carbocycles. The second-order valence-corrected chi connectivity index (χ2v) is 8.00. The Labute approximate surface area is 153 Å². The largest absolute Gasteiger partial charge is 0.484 e. The van der Waals surface area contributed by atoms with Crippen LogP contribution in [0, 0.1) is 0 Å². The van der Waals surface area contributed by atoms with Crippen molar-refractivity contribution in [2.75, 3.05) is 31.7 Å². The molecule has 2 rings (SSSR count). The van der Waals surface area contributed by atoms with Crippen LogP contribution >= 0.6 is 35.9 Å².